The second kappa shape index (κ2) is 8.98. The van der Waals surface area contributed by atoms with Crippen LogP contribution in [0.25, 0.3) is 0 Å². The Morgan fingerprint density at radius 3 is 2.52 bits per heavy atom. The third-order valence-corrected chi connectivity index (χ3v) is 5.79. The number of hydrazine groups is 1. The predicted molar refractivity (Wildman–Crippen MR) is 110 cm³/mol. The Bertz CT molecular complexity index is 1220. The van der Waals surface area contributed by atoms with Crippen molar-refractivity contribution in [2.45, 2.75) is 25.3 Å². The Morgan fingerprint density at radius 1 is 1.13 bits per heavy atom. The molecule has 31 heavy (non-hydrogen) atoms. The third kappa shape index (κ3) is 5.27. The van der Waals surface area contributed by atoms with E-state index >= 15 is 0 Å². The number of aryl methyl sites for hydroxylation is 1. The van der Waals surface area contributed by atoms with Crippen LogP contribution in [0.4, 0.5) is 5.69 Å². The van der Waals surface area contributed by atoms with Gasteiger partial charge in [-0.15, -0.1) is 4.83 Å². The maximum atomic E-state index is 12.6. The van der Waals surface area contributed by atoms with Crippen molar-refractivity contribution in [1.29, 1.82) is 0 Å². The first-order chi connectivity index (χ1) is 14.7. The summed E-state index contributed by atoms with van der Waals surface area (Å²) < 4.78 is 36.1. The lowest BCUT2D eigenvalue weighted by molar-refractivity contribution is -0.385. The molecule has 0 saturated heterocycles. The van der Waals surface area contributed by atoms with Gasteiger partial charge in [0.25, 0.3) is 15.7 Å². The van der Waals surface area contributed by atoms with E-state index < -0.39 is 20.9 Å². The molecule has 11 heteroatoms. The molecule has 0 saturated carbocycles. The van der Waals surface area contributed by atoms with Crippen molar-refractivity contribution in [1.82, 2.24) is 10.3 Å². The van der Waals surface area contributed by atoms with Gasteiger partial charge in [-0.1, -0.05) is 18.2 Å². The standard InChI is InChI=1S/C20H19N3O7S/c1-13-10-15(23(25)26)11-19(14(13)2)31(27,28)22-21-20(24)18-9-8-17(30-18)12-29-16-6-4-3-5-7-16/h3-11,22H,12H2,1-2H3,(H,21,24). The number of hydrogen-bond acceptors (Lipinski definition) is 7. The largest absolute Gasteiger partial charge is 0.486 e. The quantitative estimate of drug-likeness (QED) is 0.401. The van der Waals surface area contributed by atoms with E-state index in [4.69, 9.17) is 9.15 Å². The first-order valence-corrected chi connectivity index (χ1v) is 10.5. The van der Waals surface area contributed by atoms with Crippen molar-refractivity contribution in [2.75, 3.05) is 0 Å². The Hall–Kier alpha value is -3.70. The first kappa shape index (κ1) is 22.0. The van der Waals surface area contributed by atoms with Gasteiger partial charge in [-0.3, -0.25) is 20.3 Å². The van der Waals surface area contributed by atoms with Gasteiger partial charge in [-0.25, -0.2) is 8.42 Å². The predicted octanol–water partition coefficient (Wildman–Crippen LogP) is 3.01. The molecular weight excluding hydrogens is 426 g/mol. The van der Waals surface area contributed by atoms with Gasteiger partial charge in [0.1, 0.15) is 18.1 Å². The number of hydrogen-bond donors (Lipinski definition) is 2. The maximum absolute atomic E-state index is 12.6. The molecule has 0 unspecified atom stereocenters. The number of nitro benzene ring substituents is 1. The molecule has 2 aromatic carbocycles. The second-order valence-electron chi connectivity index (χ2n) is 6.57. The minimum absolute atomic E-state index is 0.0785. The summed E-state index contributed by atoms with van der Waals surface area (Å²) >= 11 is 0. The van der Waals surface area contributed by atoms with E-state index in [1.165, 1.54) is 25.1 Å². The number of sulfonamides is 1. The molecule has 0 aliphatic rings. The van der Waals surface area contributed by atoms with E-state index in [1.54, 1.807) is 19.1 Å². The van der Waals surface area contributed by atoms with Crippen molar-refractivity contribution < 1.29 is 27.3 Å². The highest BCUT2D eigenvalue weighted by Crippen LogP contribution is 2.25. The van der Waals surface area contributed by atoms with Crippen molar-refractivity contribution in [3.63, 3.8) is 0 Å². The van der Waals surface area contributed by atoms with Gasteiger partial charge in [-0.05, 0) is 49.2 Å². The Labute approximate surface area is 178 Å². The highest BCUT2D eigenvalue weighted by molar-refractivity contribution is 7.89. The molecule has 1 amide bonds. The number of carbonyl (C=O) groups is 1. The van der Waals surface area contributed by atoms with Crippen molar-refractivity contribution in [3.8, 4) is 5.75 Å². The molecule has 2 N–H and O–H groups in total. The average Bonchev–Trinajstić information content (AvgIpc) is 3.22. The Kier molecular flexibility index (Phi) is 6.37. The lowest BCUT2D eigenvalue weighted by Gasteiger charge is -2.11. The van der Waals surface area contributed by atoms with Gasteiger partial charge >= 0.3 is 5.91 Å². The fraction of sp³-hybridized carbons (Fsp3) is 0.150. The summed E-state index contributed by atoms with van der Waals surface area (Å²) in [5, 5.41) is 11.0. The molecule has 0 atom stereocenters. The summed E-state index contributed by atoms with van der Waals surface area (Å²) in [5.74, 6) is 0.0120. The summed E-state index contributed by atoms with van der Waals surface area (Å²) in [5.41, 5.74) is 2.42. The van der Waals surface area contributed by atoms with Crippen molar-refractivity contribution in [3.05, 3.63) is 87.4 Å². The zero-order chi connectivity index (χ0) is 22.6. The molecule has 0 fully saturated rings. The third-order valence-electron chi connectivity index (χ3n) is 4.41. The maximum Gasteiger partial charge on any atom is 0.301 e. The molecule has 0 aliphatic heterocycles. The summed E-state index contributed by atoms with van der Waals surface area (Å²) in [6.07, 6.45) is 0. The number of furan rings is 1. The molecule has 3 rings (SSSR count). The summed E-state index contributed by atoms with van der Waals surface area (Å²) in [6, 6.07) is 14.1. The van der Waals surface area contributed by atoms with Crippen LogP contribution < -0.4 is 15.0 Å². The molecule has 0 spiro atoms. The lowest BCUT2D eigenvalue weighted by atomic mass is 10.1. The molecule has 1 aromatic heterocycles. The van der Waals surface area contributed by atoms with Crippen LogP contribution in [0.2, 0.25) is 0 Å². The van der Waals surface area contributed by atoms with E-state index in [9.17, 15) is 23.3 Å². The minimum atomic E-state index is -4.26. The summed E-state index contributed by atoms with van der Waals surface area (Å²) in [7, 11) is -4.26. The number of para-hydroxylation sites is 1. The molecule has 0 bridgehead atoms. The van der Waals surface area contributed by atoms with Gasteiger partial charge in [-0.2, -0.15) is 0 Å². The van der Waals surface area contributed by atoms with Crippen LogP contribution in [0.5, 0.6) is 5.75 Å². The van der Waals surface area contributed by atoms with E-state index in [2.05, 4.69) is 0 Å². The number of non-ortho nitro benzene ring substituents is 1. The fourth-order valence-electron chi connectivity index (χ4n) is 2.67. The second-order valence-corrected chi connectivity index (χ2v) is 8.22. The number of carbonyl (C=O) groups excluding carboxylic acids is 1. The molecular formula is C20H19N3O7S. The lowest BCUT2D eigenvalue weighted by Crippen LogP contribution is -2.41. The van der Waals surface area contributed by atoms with Crippen LogP contribution in [0.15, 0.2) is 63.9 Å². The van der Waals surface area contributed by atoms with E-state index in [1.807, 2.05) is 28.5 Å². The Balaban J connectivity index is 1.67. The van der Waals surface area contributed by atoms with Crippen LogP contribution in [0, 0.1) is 24.0 Å². The monoisotopic (exact) mass is 445 g/mol. The summed E-state index contributed by atoms with van der Waals surface area (Å²) in [4.78, 5) is 24.2. The SMILES string of the molecule is Cc1cc([N+](=O)[O-])cc(S(=O)(=O)NNC(=O)c2ccc(COc3ccccc3)o2)c1C. The van der Waals surface area contributed by atoms with Crippen LogP contribution in [-0.4, -0.2) is 19.2 Å². The number of nitrogens with zero attached hydrogens (tertiary/aromatic N) is 1. The zero-order valence-corrected chi connectivity index (χ0v) is 17.4. The summed E-state index contributed by atoms with van der Waals surface area (Å²) in [6.45, 7) is 3.15. The number of rotatable bonds is 8. The smallest absolute Gasteiger partial charge is 0.301 e. The fourth-order valence-corrected chi connectivity index (χ4v) is 3.85. The molecule has 0 radical (unpaired) electrons. The zero-order valence-electron chi connectivity index (χ0n) is 16.6. The van der Waals surface area contributed by atoms with Gasteiger partial charge in [0.2, 0.25) is 0 Å². The number of amides is 1. The van der Waals surface area contributed by atoms with Crippen LogP contribution >= 0.6 is 0 Å². The van der Waals surface area contributed by atoms with Gasteiger partial charge in [0.05, 0.1) is 9.82 Å². The van der Waals surface area contributed by atoms with Gasteiger partial charge in [0.15, 0.2) is 5.76 Å². The average molecular weight is 445 g/mol. The Morgan fingerprint density at radius 2 is 1.84 bits per heavy atom. The number of nitrogens with one attached hydrogen (secondary N) is 2. The number of ether oxygens (including phenoxy) is 1. The van der Waals surface area contributed by atoms with E-state index in [0.29, 0.717) is 22.6 Å². The molecule has 0 aliphatic carbocycles. The highest BCUT2D eigenvalue weighted by Gasteiger charge is 2.23. The van der Waals surface area contributed by atoms with Crippen LogP contribution in [-0.2, 0) is 16.6 Å². The van der Waals surface area contributed by atoms with Crippen molar-refractivity contribution in [2.24, 2.45) is 0 Å². The molecule has 3 aromatic rings. The van der Waals surface area contributed by atoms with Crippen LogP contribution in [0.3, 0.4) is 0 Å². The van der Waals surface area contributed by atoms with Crippen LogP contribution in [0.1, 0.15) is 27.4 Å². The first-order valence-electron chi connectivity index (χ1n) is 9.02. The topological polar surface area (TPSA) is 141 Å². The number of benzene rings is 2. The number of nitro groups is 1. The highest BCUT2D eigenvalue weighted by atomic mass is 32.2. The van der Waals surface area contributed by atoms with E-state index in [0.717, 1.165) is 6.07 Å². The van der Waals surface area contributed by atoms with E-state index in [-0.39, 0.29) is 22.9 Å². The molecule has 10 nitrogen and oxygen atoms in total. The normalized spacial score (nSPS) is 11.2. The van der Waals surface area contributed by atoms with Gasteiger partial charge < -0.3 is 9.15 Å². The molecule has 1 heterocycles. The molecule has 162 valence electrons. The van der Waals surface area contributed by atoms with Gasteiger partial charge in [0, 0.05) is 12.1 Å². The minimum Gasteiger partial charge on any atom is -0.486 e. The van der Waals surface area contributed by atoms with Crippen molar-refractivity contribution >= 4 is 21.6 Å².